The third-order valence-corrected chi connectivity index (χ3v) is 4.94. The van der Waals surface area contributed by atoms with Gasteiger partial charge in [-0.15, -0.1) is 0 Å². The Kier molecular flexibility index (Phi) is 7.59. The Bertz CT molecular complexity index is 809. The molecular weight excluding hydrogens is 403 g/mol. The summed E-state index contributed by atoms with van der Waals surface area (Å²) in [5, 5.41) is 6.23. The lowest BCUT2D eigenvalue weighted by Gasteiger charge is -2.23. The molecule has 2 heterocycles. The van der Waals surface area contributed by atoms with Crippen LogP contribution in [-0.2, 0) is 22.5 Å². The van der Waals surface area contributed by atoms with Gasteiger partial charge in [0.1, 0.15) is 17.2 Å². The summed E-state index contributed by atoms with van der Waals surface area (Å²) in [6, 6.07) is 2.96. The number of hydrogen-bond acceptors (Lipinski definition) is 5. The number of alkyl carbamates (subject to hydrolysis) is 1. The molecule has 0 saturated carbocycles. The predicted octanol–water partition coefficient (Wildman–Crippen LogP) is 2.80. The van der Waals surface area contributed by atoms with Crippen molar-refractivity contribution in [1.29, 1.82) is 0 Å². The number of likely N-dealkylation sites (tertiary alicyclic amines) is 1. The van der Waals surface area contributed by atoms with E-state index in [0.29, 0.717) is 31.9 Å². The molecule has 8 nitrogen and oxygen atoms in total. The maximum Gasteiger partial charge on any atom is 0.407 e. The maximum atomic E-state index is 13.9. The minimum atomic E-state index is -0.523. The van der Waals surface area contributed by atoms with Gasteiger partial charge < -0.3 is 29.7 Å². The van der Waals surface area contributed by atoms with Crippen LogP contribution in [0.2, 0.25) is 0 Å². The summed E-state index contributed by atoms with van der Waals surface area (Å²) in [5.74, 6) is 1.19. The van der Waals surface area contributed by atoms with Crippen LogP contribution < -0.4 is 15.4 Å². The Hall–Kier alpha value is -2.55. The molecule has 1 aromatic rings. The van der Waals surface area contributed by atoms with E-state index in [9.17, 15) is 9.18 Å². The number of aliphatic imine (C=N–C) groups is 1. The van der Waals surface area contributed by atoms with Crippen molar-refractivity contribution in [1.82, 2.24) is 15.5 Å². The third kappa shape index (κ3) is 6.72. The monoisotopic (exact) mass is 436 g/mol. The highest BCUT2D eigenvalue weighted by Gasteiger charge is 2.28. The van der Waals surface area contributed by atoms with Crippen molar-refractivity contribution in [2.75, 3.05) is 33.0 Å². The minimum Gasteiger partial charge on any atom is -0.467 e. The second-order valence-corrected chi connectivity index (χ2v) is 8.73. The number of halogens is 1. The highest BCUT2D eigenvalue weighted by molar-refractivity contribution is 5.80. The number of rotatable bonds is 5. The van der Waals surface area contributed by atoms with E-state index >= 15 is 0 Å². The van der Waals surface area contributed by atoms with E-state index in [2.05, 4.69) is 15.5 Å². The molecule has 1 unspecified atom stereocenters. The van der Waals surface area contributed by atoms with E-state index in [1.54, 1.807) is 0 Å². The fourth-order valence-corrected chi connectivity index (χ4v) is 3.70. The molecule has 1 amide bonds. The van der Waals surface area contributed by atoms with Crippen LogP contribution in [-0.4, -0.2) is 61.6 Å². The number of benzene rings is 1. The summed E-state index contributed by atoms with van der Waals surface area (Å²) in [6.07, 6.45) is 0.971. The normalized spacial score (nSPS) is 18.9. The molecule has 1 fully saturated rings. The molecule has 0 aliphatic carbocycles. The van der Waals surface area contributed by atoms with Gasteiger partial charge >= 0.3 is 6.09 Å². The average molecular weight is 437 g/mol. The van der Waals surface area contributed by atoms with Crippen molar-refractivity contribution in [2.45, 2.75) is 58.8 Å². The molecule has 2 aliphatic heterocycles. The molecule has 2 N–H and O–H groups in total. The van der Waals surface area contributed by atoms with Crippen LogP contribution in [0.1, 0.15) is 45.2 Å². The fraction of sp³-hybridized carbons (Fsp3) is 0.636. The first-order valence-electron chi connectivity index (χ1n) is 10.8. The van der Waals surface area contributed by atoms with Crippen LogP contribution in [0.3, 0.4) is 0 Å². The average Bonchev–Trinajstić information content (AvgIpc) is 3.13. The van der Waals surface area contributed by atoms with Gasteiger partial charge in [0.15, 0.2) is 12.8 Å². The van der Waals surface area contributed by atoms with E-state index in [4.69, 9.17) is 19.2 Å². The number of nitrogens with zero attached hydrogens (tertiary/aromatic N) is 2. The van der Waals surface area contributed by atoms with Crippen LogP contribution in [0.25, 0.3) is 0 Å². The van der Waals surface area contributed by atoms with E-state index < -0.39 is 11.7 Å². The van der Waals surface area contributed by atoms with Crippen molar-refractivity contribution in [3.8, 4) is 5.75 Å². The van der Waals surface area contributed by atoms with Crippen LogP contribution >= 0.6 is 0 Å². The number of fused-ring (bicyclic) bond motifs is 1. The topological polar surface area (TPSA) is 84.4 Å². The van der Waals surface area contributed by atoms with E-state index in [-0.39, 0.29) is 18.7 Å². The summed E-state index contributed by atoms with van der Waals surface area (Å²) in [4.78, 5) is 18.9. The smallest absolute Gasteiger partial charge is 0.407 e. The molecule has 1 atom stereocenters. The van der Waals surface area contributed by atoms with Gasteiger partial charge in [0.05, 0.1) is 12.6 Å². The standard InChI is InChI=1S/C22H33FN4O4/c1-5-24-20(27-9-7-18(12-27)26-21(28)31-22(2,3)4)25-8-6-15-10-17(23)11-16-13-29-14-30-19(15)16/h10-11,18H,5-9,12-14H2,1-4H3,(H,24,25)(H,26,28). The summed E-state index contributed by atoms with van der Waals surface area (Å²) < 4.78 is 30.1. The Labute approximate surface area is 183 Å². The third-order valence-electron chi connectivity index (χ3n) is 4.94. The first-order chi connectivity index (χ1) is 14.7. The Morgan fingerprint density at radius 2 is 2.19 bits per heavy atom. The molecule has 172 valence electrons. The molecule has 0 bridgehead atoms. The number of hydrogen-bond donors (Lipinski definition) is 2. The zero-order valence-corrected chi connectivity index (χ0v) is 18.8. The molecule has 3 rings (SSSR count). The van der Waals surface area contributed by atoms with Crippen molar-refractivity contribution >= 4 is 12.1 Å². The highest BCUT2D eigenvalue weighted by atomic mass is 19.1. The van der Waals surface area contributed by atoms with Gasteiger partial charge in [0.2, 0.25) is 0 Å². The second-order valence-electron chi connectivity index (χ2n) is 8.73. The SMILES string of the molecule is CCNC(=NCCc1cc(F)cc2c1OCOC2)N1CCC(NC(=O)OC(C)(C)C)C1. The largest absolute Gasteiger partial charge is 0.467 e. The highest BCUT2D eigenvalue weighted by Crippen LogP contribution is 2.29. The van der Waals surface area contributed by atoms with Gasteiger partial charge in [-0.3, -0.25) is 4.99 Å². The minimum absolute atomic E-state index is 0.00217. The van der Waals surface area contributed by atoms with Gasteiger partial charge in [-0.05, 0) is 58.2 Å². The van der Waals surface area contributed by atoms with Crippen LogP contribution in [0.4, 0.5) is 9.18 Å². The van der Waals surface area contributed by atoms with Crippen LogP contribution in [0.15, 0.2) is 17.1 Å². The second kappa shape index (κ2) is 10.2. The lowest BCUT2D eigenvalue weighted by Crippen LogP contribution is -2.44. The van der Waals surface area contributed by atoms with Crippen molar-refractivity contribution < 1.29 is 23.4 Å². The molecule has 0 spiro atoms. The van der Waals surface area contributed by atoms with Gasteiger partial charge in [0.25, 0.3) is 0 Å². The van der Waals surface area contributed by atoms with Gasteiger partial charge in [-0.1, -0.05) is 0 Å². The Morgan fingerprint density at radius 1 is 1.39 bits per heavy atom. The maximum absolute atomic E-state index is 13.9. The van der Waals surface area contributed by atoms with Crippen molar-refractivity contribution in [3.63, 3.8) is 0 Å². The van der Waals surface area contributed by atoms with Crippen LogP contribution in [0.5, 0.6) is 5.75 Å². The summed E-state index contributed by atoms with van der Waals surface area (Å²) in [6.45, 7) is 10.7. The molecule has 0 aromatic heterocycles. The fourth-order valence-electron chi connectivity index (χ4n) is 3.70. The van der Waals surface area contributed by atoms with Gasteiger partial charge in [-0.25, -0.2) is 9.18 Å². The first-order valence-corrected chi connectivity index (χ1v) is 10.8. The number of nitrogens with one attached hydrogen (secondary N) is 2. The summed E-state index contributed by atoms with van der Waals surface area (Å²) in [5.41, 5.74) is 1.00. The molecule has 1 saturated heterocycles. The molecule has 1 aromatic carbocycles. The number of ether oxygens (including phenoxy) is 3. The van der Waals surface area contributed by atoms with Crippen molar-refractivity contribution in [3.05, 3.63) is 29.1 Å². The zero-order chi connectivity index (χ0) is 22.4. The first kappa shape index (κ1) is 23.1. The van der Waals surface area contributed by atoms with Crippen LogP contribution in [0, 0.1) is 5.82 Å². The number of carbonyl (C=O) groups is 1. The van der Waals surface area contributed by atoms with Gasteiger partial charge in [-0.2, -0.15) is 0 Å². The molecule has 9 heteroatoms. The Morgan fingerprint density at radius 3 is 2.94 bits per heavy atom. The number of guanidine groups is 1. The molecule has 0 radical (unpaired) electrons. The molecule has 31 heavy (non-hydrogen) atoms. The molecule has 2 aliphatic rings. The quantitative estimate of drug-likeness (QED) is 0.546. The van der Waals surface area contributed by atoms with E-state index in [1.165, 1.54) is 12.1 Å². The predicted molar refractivity (Wildman–Crippen MR) is 116 cm³/mol. The van der Waals surface area contributed by atoms with E-state index in [1.807, 2.05) is 27.7 Å². The van der Waals surface area contributed by atoms with E-state index in [0.717, 1.165) is 36.6 Å². The molecular formula is C22H33FN4O4. The lowest BCUT2D eigenvalue weighted by molar-refractivity contribution is -0.0172. The van der Waals surface area contributed by atoms with Gasteiger partial charge in [0, 0.05) is 31.7 Å². The lowest BCUT2D eigenvalue weighted by atomic mass is 10.1. The zero-order valence-electron chi connectivity index (χ0n) is 18.8. The summed E-state index contributed by atoms with van der Waals surface area (Å²) in [7, 11) is 0. The number of carbonyl (C=O) groups excluding carboxylic acids is 1. The summed E-state index contributed by atoms with van der Waals surface area (Å²) >= 11 is 0. The Balaban J connectivity index is 1.59. The number of amides is 1. The van der Waals surface area contributed by atoms with Crippen molar-refractivity contribution in [2.24, 2.45) is 4.99 Å².